The average molecular weight is 573 g/mol. The molecular formula is C28H30Cl2N4O5. The number of fused-ring (bicyclic) bond motifs is 1. The molecule has 2 fully saturated rings. The molecule has 2 saturated heterocycles. The molecule has 1 atom stereocenters. The number of benzene rings is 2. The molecule has 2 amide bonds. The highest BCUT2D eigenvalue weighted by molar-refractivity contribution is 6.42. The van der Waals surface area contributed by atoms with Crippen LogP contribution in [-0.2, 0) is 32.2 Å². The first-order valence-corrected chi connectivity index (χ1v) is 13.7. The van der Waals surface area contributed by atoms with Crippen molar-refractivity contribution in [3.05, 3.63) is 74.3 Å². The van der Waals surface area contributed by atoms with Crippen LogP contribution < -0.4 is 5.56 Å². The van der Waals surface area contributed by atoms with E-state index >= 15 is 0 Å². The number of halogens is 2. The fourth-order valence-corrected chi connectivity index (χ4v) is 5.40. The van der Waals surface area contributed by atoms with Crippen molar-refractivity contribution in [2.75, 3.05) is 40.0 Å². The van der Waals surface area contributed by atoms with E-state index in [1.807, 2.05) is 29.2 Å². The molecular weight excluding hydrogens is 543 g/mol. The van der Waals surface area contributed by atoms with Gasteiger partial charge < -0.3 is 19.3 Å². The largest absolute Gasteiger partial charge is 0.376 e. The molecule has 206 valence electrons. The molecule has 0 radical (unpaired) electrons. The normalized spacial score (nSPS) is 18.3. The highest BCUT2D eigenvalue weighted by Gasteiger charge is 2.31. The Bertz CT molecular complexity index is 1430. The van der Waals surface area contributed by atoms with Gasteiger partial charge in [-0.3, -0.25) is 19.0 Å². The molecule has 11 heteroatoms. The minimum atomic E-state index is -0.522. The van der Waals surface area contributed by atoms with Crippen molar-refractivity contribution in [2.45, 2.75) is 38.0 Å². The van der Waals surface area contributed by atoms with Gasteiger partial charge in [0, 0.05) is 26.7 Å². The monoisotopic (exact) mass is 572 g/mol. The van der Waals surface area contributed by atoms with E-state index in [9.17, 15) is 14.4 Å². The van der Waals surface area contributed by atoms with Crippen molar-refractivity contribution in [1.82, 2.24) is 19.4 Å². The third-order valence-corrected chi connectivity index (χ3v) is 8.09. The maximum atomic E-state index is 13.3. The number of amides is 2. The summed E-state index contributed by atoms with van der Waals surface area (Å²) < 4.78 is 12.3. The number of hydrogen-bond acceptors (Lipinski definition) is 6. The van der Waals surface area contributed by atoms with Crippen LogP contribution in [0, 0.1) is 0 Å². The lowest BCUT2D eigenvalue weighted by molar-refractivity contribution is -0.159. The van der Waals surface area contributed by atoms with Crippen molar-refractivity contribution >= 4 is 45.9 Å². The zero-order valence-corrected chi connectivity index (χ0v) is 23.2. The minimum Gasteiger partial charge on any atom is -0.376 e. The quantitative estimate of drug-likeness (QED) is 0.449. The SMILES string of the molecule is CN(Cc1ccc(Cl)c(Cl)c1)C(=O)Cn1cnc2ccc(C3CCN(C(=O)C4COCCO4)CC3)cc2c1=O. The molecule has 0 saturated carbocycles. The summed E-state index contributed by atoms with van der Waals surface area (Å²) in [5.74, 6) is -0.0357. The van der Waals surface area contributed by atoms with Crippen LogP contribution in [0.15, 0.2) is 47.5 Å². The third kappa shape index (κ3) is 6.27. The zero-order valence-electron chi connectivity index (χ0n) is 21.6. The Morgan fingerprint density at radius 3 is 2.59 bits per heavy atom. The average Bonchev–Trinajstić information content (AvgIpc) is 2.96. The Kier molecular flexibility index (Phi) is 8.52. The highest BCUT2D eigenvalue weighted by Crippen LogP contribution is 2.30. The van der Waals surface area contributed by atoms with E-state index in [0.717, 1.165) is 24.0 Å². The molecule has 0 bridgehead atoms. The summed E-state index contributed by atoms with van der Waals surface area (Å²) in [6, 6.07) is 10.9. The molecule has 9 nitrogen and oxygen atoms in total. The van der Waals surface area contributed by atoms with Gasteiger partial charge >= 0.3 is 0 Å². The van der Waals surface area contributed by atoms with E-state index < -0.39 is 6.10 Å². The molecule has 1 unspecified atom stereocenters. The number of hydrogen-bond donors (Lipinski definition) is 0. The van der Waals surface area contributed by atoms with Crippen LogP contribution in [0.2, 0.25) is 10.0 Å². The highest BCUT2D eigenvalue weighted by atomic mass is 35.5. The van der Waals surface area contributed by atoms with Gasteiger partial charge in [-0.15, -0.1) is 0 Å². The van der Waals surface area contributed by atoms with Crippen molar-refractivity contribution in [3.8, 4) is 0 Å². The Labute approximate surface area is 236 Å². The van der Waals surface area contributed by atoms with Crippen molar-refractivity contribution in [3.63, 3.8) is 0 Å². The fourth-order valence-electron chi connectivity index (χ4n) is 5.08. The number of carbonyl (C=O) groups excluding carboxylic acids is 2. The maximum Gasteiger partial charge on any atom is 0.261 e. The number of piperidine rings is 1. The van der Waals surface area contributed by atoms with Crippen LogP contribution in [0.25, 0.3) is 10.9 Å². The molecule has 0 spiro atoms. The number of ether oxygens (including phenoxy) is 2. The summed E-state index contributed by atoms with van der Waals surface area (Å²) in [7, 11) is 1.67. The summed E-state index contributed by atoms with van der Waals surface area (Å²) in [6.45, 7) is 2.71. The van der Waals surface area contributed by atoms with E-state index in [2.05, 4.69) is 4.98 Å². The van der Waals surface area contributed by atoms with E-state index in [1.54, 1.807) is 19.2 Å². The van der Waals surface area contributed by atoms with Gasteiger partial charge in [-0.25, -0.2) is 4.98 Å². The van der Waals surface area contributed by atoms with Gasteiger partial charge in [-0.05, 0) is 54.2 Å². The van der Waals surface area contributed by atoms with E-state index in [1.165, 1.54) is 15.8 Å². The van der Waals surface area contributed by atoms with Crippen LogP contribution >= 0.6 is 23.2 Å². The van der Waals surface area contributed by atoms with Crippen LogP contribution in [0.3, 0.4) is 0 Å². The Morgan fingerprint density at radius 2 is 1.87 bits per heavy atom. The van der Waals surface area contributed by atoms with Crippen LogP contribution in [0.4, 0.5) is 0 Å². The Morgan fingerprint density at radius 1 is 1.08 bits per heavy atom. The lowest BCUT2D eigenvalue weighted by atomic mass is 9.88. The molecule has 1 aromatic heterocycles. The van der Waals surface area contributed by atoms with Crippen LogP contribution in [0.5, 0.6) is 0 Å². The summed E-state index contributed by atoms with van der Waals surface area (Å²) in [5, 5.41) is 1.35. The molecule has 5 rings (SSSR count). The second-order valence-electron chi connectivity index (χ2n) is 9.99. The molecule has 2 aliphatic rings. The number of carbonyl (C=O) groups is 2. The predicted octanol–water partition coefficient (Wildman–Crippen LogP) is 3.48. The fraction of sp³-hybridized carbons (Fsp3) is 0.429. The first kappa shape index (κ1) is 27.6. The summed E-state index contributed by atoms with van der Waals surface area (Å²) in [5.41, 5.74) is 2.19. The van der Waals surface area contributed by atoms with Gasteiger partial charge in [0.15, 0.2) is 6.10 Å². The topological polar surface area (TPSA) is 94.0 Å². The van der Waals surface area contributed by atoms with Crippen LogP contribution in [-0.4, -0.2) is 77.2 Å². The lowest BCUT2D eigenvalue weighted by Gasteiger charge is -2.35. The number of nitrogens with zero attached hydrogens (tertiary/aromatic N) is 4. The summed E-state index contributed by atoms with van der Waals surface area (Å²) >= 11 is 12.1. The van der Waals surface area contributed by atoms with Crippen molar-refractivity contribution < 1.29 is 19.1 Å². The molecule has 2 aliphatic heterocycles. The van der Waals surface area contributed by atoms with Crippen molar-refractivity contribution in [1.29, 1.82) is 0 Å². The van der Waals surface area contributed by atoms with Gasteiger partial charge in [0.1, 0.15) is 6.54 Å². The predicted molar refractivity (Wildman–Crippen MR) is 148 cm³/mol. The number of likely N-dealkylation sites (N-methyl/N-ethyl adjacent to an activating group) is 1. The van der Waals surface area contributed by atoms with Gasteiger partial charge in [0.2, 0.25) is 5.91 Å². The summed E-state index contributed by atoms with van der Waals surface area (Å²) in [4.78, 5) is 46.8. The summed E-state index contributed by atoms with van der Waals surface area (Å²) in [6.07, 6.45) is 2.47. The van der Waals surface area contributed by atoms with E-state index in [-0.39, 0.29) is 29.8 Å². The minimum absolute atomic E-state index is 0.0208. The second kappa shape index (κ2) is 12.0. The van der Waals surface area contributed by atoms with Gasteiger partial charge in [0.25, 0.3) is 11.5 Å². The van der Waals surface area contributed by atoms with Gasteiger partial charge in [-0.2, -0.15) is 0 Å². The van der Waals surface area contributed by atoms with Gasteiger partial charge in [-0.1, -0.05) is 35.3 Å². The first-order valence-electron chi connectivity index (χ1n) is 13.0. The van der Waals surface area contributed by atoms with Gasteiger partial charge in [0.05, 0.1) is 47.1 Å². The molecule has 3 heterocycles. The number of likely N-dealkylation sites (tertiary alicyclic amines) is 1. The smallest absolute Gasteiger partial charge is 0.261 e. The van der Waals surface area contributed by atoms with Crippen molar-refractivity contribution in [2.24, 2.45) is 0 Å². The molecule has 3 aromatic rings. The van der Waals surface area contributed by atoms with E-state index in [4.69, 9.17) is 32.7 Å². The van der Waals surface area contributed by atoms with E-state index in [0.29, 0.717) is 60.4 Å². The standard InChI is InChI=1S/C28H30Cl2N4O5/c1-32(14-18-2-4-22(29)23(30)12-18)26(35)15-34-17-31-24-5-3-20(13-21(24)27(34)36)19-6-8-33(9-7-19)28(37)25-16-38-10-11-39-25/h2-5,12-13,17,19,25H,6-11,14-16H2,1H3. The molecule has 0 N–H and O–H groups in total. The lowest BCUT2D eigenvalue weighted by Crippen LogP contribution is -2.47. The molecule has 2 aromatic carbocycles. The maximum absolute atomic E-state index is 13.3. The Hall–Kier alpha value is -2.98. The number of aromatic nitrogens is 2. The first-order chi connectivity index (χ1) is 18.8. The molecule has 0 aliphatic carbocycles. The Balaban J connectivity index is 1.25. The second-order valence-corrected chi connectivity index (χ2v) is 10.8. The van der Waals surface area contributed by atoms with Crippen LogP contribution in [0.1, 0.15) is 29.9 Å². The molecule has 39 heavy (non-hydrogen) atoms. The third-order valence-electron chi connectivity index (χ3n) is 7.35. The zero-order chi connectivity index (χ0) is 27.5. The number of rotatable bonds is 6.